The molecule has 12 heteroatoms. The summed E-state index contributed by atoms with van der Waals surface area (Å²) in [7, 11) is 0. The fourth-order valence-corrected chi connectivity index (χ4v) is 4.08. The van der Waals surface area contributed by atoms with Crippen LogP contribution in [0.5, 0.6) is 0 Å². The van der Waals surface area contributed by atoms with Gasteiger partial charge in [-0.3, -0.25) is 13.7 Å². The molecule has 0 aliphatic carbocycles. The first kappa shape index (κ1) is 21.4. The second-order valence-electron chi connectivity index (χ2n) is 7.49. The van der Waals surface area contributed by atoms with Crippen LogP contribution in [0.25, 0.3) is 17.0 Å². The van der Waals surface area contributed by atoms with Crippen molar-refractivity contribution in [2.75, 3.05) is 25.0 Å². The minimum atomic E-state index is -2.09. The van der Waals surface area contributed by atoms with Crippen LogP contribution in [0.15, 0.2) is 53.3 Å². The molecule has 33 heavy (non-hydrogen) atoms. The second kappa shape index (κ2) is 8.83. The number of benzene rings is 1. The van der Waals surface area contributed by atoms with Crippen molar-refractivity contribution < 1.29 is 22.8 Å². The molecule has 3 aromatic heterocycles. The summed E-state index contributed by atoms with van der Waals surface area (Å²) in [4.78, 5) is 21.6. The van der Waals surface area contributed by atoms with E-state index in [0.717, 1.165) is 5.56 Å². The van der Waals surface area contributed by atoms with Crippen molar-refractivity contribution in [1.29, 1.82) is 0 Å². The van der Waals surface area contributed by atoms with E-state index in [1.54, 1.807) is 16.7 Å². The SMILES string of the molecule is Cc1ccc(-c2noc(C3CN(S(=O)O)CCO3)n2)cc1NC(=O)c1cnc2ccccn12. The molecule has 1 aliphatic heterocycles. The Labute approximate surface area is 190 Å². The predicted molar refractivity (Wildman–Crippen MR) is 119 cm³/mol. The van der Waals surface area contributed by atoms with E-state index in [-0.39, 0.29) is 24.9 Å². The Morgan fingerprint density at radius 3 is 3.03 bits per heavy atom. The summed E-state index contributed by atoms with van der Waals surface area (Å²) < 4.78 is 34.7. The lowest BCUT2D eigenvalue weighted by Gasteiger charge is -2.27. The van der Waals surface area contributed by atoms with Gasteiger partial charge in [-0.25, -0.2) is 9.19 Å². The first-order valence-electron chi connectivity index (χ1n) is 10.1. The number of rotatable bonds is 5. The number of nitrogens with one attached hydrogen (secondary N) is 1. The number of aromatic nitrogens is 4. The number of imidazole rings is 1. The van der Waals surface area contributed by atoms with E-state index < -0.39 is 17.4 Å². The lowest BCUT2D eigenvalue weighted by atomic mass is 10.1. The third kappa shape index (κ3) is 4.28. The minimum absolute atomic E-state index is 0.166. The molecule has 0 spiro atoms. The number of carbonyl (C=O) groups excluding carboxylic acids is 1. The molecule has 1 aliphatic rings. The van der Waals surface area contributed by atoms with E-state index >= 15 is 0 Å². The van der Waals surface area contributed by atoms with E-state index in [2.05, 4.69) is 20.4 Å². The first-order valence-corrected chi connectivity index (χ1v) is 11.2. The number of nitrogens with zero attached hydrogens (tertiary/aromatic N) is 5. The van der Waals surface area contributed by atoms with Crippen LogP contribution in [0.3, 0.4) is 0 Å². The number of ether oxygens (including phenoxy) is 1. The summed E-state index contributed by atoms with van der Waals surface area (Å²) in [5.41, 5.74) is 3.20. The Hall–Kier alpha value is -3.45. The fourth-order valence-electron chi connectivity index (χ4n) is 3.58. The molecule has 0 bridgehead atoms. The second-order valence-corrected chi connectivity index (χ2v) is 8.47. The van der Waals surface area contributed by atoms with Gasteiger partial charge in [0.1, 0.15) is 11.3 Å². The van der Waals surface area contributed by atoms with Gasteiger partial charge in [-0.1, -0.05) is 23.4 Å². The van der Waals surface area contributed by atoms with Crippen LogP contribution in [-0.2, 0) is 16.0 Å². The van der Waals surface area contributed by atoms with E-state index in [1.807, 2.05) is 37.3 Å². The molecule has 11 nitrogen and oxygen atoms in total. The van der Waals surface area contributed by atoms with Crippen LogP contribution in [0, 0.1) is 6.92 Å². The van der Waals surface area contributed by atoms with Crippen molar-refractivity contribution in [3.8, 4) is 11.4 Å². The highest BCUT2D eigenvalue weighted by molar-refractivity contribution is 7.76. The number of carbonyl (C=O) groups is 1. The number of anilines is 1. The molecule has 0 saturated carbocycles. The Morgan fingerprint density at radius 1 is 1.30 bits per heavy atom. The molecule has 1 amide bonds. The third-order valence-corrected chi connectivity index (χ3v) is 6.13. The first-order chi connectivity index (χ1) is 16.0. The van der Waals surface area contributed by atoms with E-state index in [9.17, 15) is 13.6 Å². The monoisotopic (exact) mass is 468 g/mol. The Balaban J connectivity index is 1.37. The van der Waals surface area contributed by atoms with E-state index in [4.69, 9.17) is 9.26 Å². The van der Waals surface area contributed by atoms with Crippen molar-refractivity contribution in [2.24, 2.45) is 0 Å². The number of pyridine rings is 1. The lowest BCUT2D eigenvalue weighted by molar-refractivity contribution is -0.0202. The molecular weight excluding hydrogens is 448 g/mol. The van der Waals surface area contributed by atoms with Gasteiger partial charge in [0.2, 0.25) is 17.1 Å². The van der Waals surface area contributed by atoms with Crippen LogP contribution < -0.4 is 5.32 Å². The zero-order valence-electron chi connectivity index (χ0n) is 17.5. The van der Waals surface area contributed by atoms with Crippen LogP contribution in [0.4, 0.5) is 5.69 Å². The summed E-state index contributed by atoms with van der Waals surface area (Å²) in [6.45, 7) is 2.67. The van der Waals surface area contributed by atoms with Crippen LogP contribution in [-0.4, -0.2) is 58.2 Å². The van der Waals surface area contributed by atoms with Crippen molar-refractivity contribution in [3.63, 3.8) is 0 Å². The van der Waals surface area contributed by atoms with Crippen LogP contribution >= 0.6 is 0 Å². The van der Waals surface area contributed by atoms with E-state index in [1.165, 1.54) is 10.5 Å². The molecule has 1 saturated heterocycles. The summed E-state index contributed by atoms with van der Waals surface area (Å²) in [6.07, 6.45) is 2.71. The zero-order chi connectivity index (χ0) is 22.9. The maximum atomic E-state index is 12.9. The average Bonchev–Trinajstić information content (AvgIpc) is 3.48. The number of aryl methyl sites for hydroxylation is 1. The average molecular weight is 468 g/mol. The number of morpholine rings is 1. The van der Waals surface area contributed by atoms with Gasteiger partial charge in [0.05, 0.1) is 12.8 Å². The molecule has 4 aromatic rings. The summed E-state index contributed by atoms with van der Waals surface area (Å²) in [5, 5.41) is 6.95. The number of fused-ring (bicyclic) bond motifs is 1. The van der Waals surface area contributed by atoms with Gasteiger partial charge in [-0.15, -0.1) is 0 Å². The predicted octanol–water partition coefficient (Wildman–Crippen LogP) is 2.46. The number of amides is 1. The van der Waals surface area contributed by atoms with Gasteiger partial charge in [-0.05, 0) is 30.7 Å². The molecule has 0 radical (unpaired) electrons. The molecule has 2 unspecified atom stereocenters. The standard InChI is InChI=1S/C21H20N6O5S/c1-13-5-6-14(19-24-21(32-25-19)17-12-26(33(29)30)8-9-31-17)10-15(13)23-20(28)16-11-22-18-4-2-3-7-27(16)18/h2-7,10-11,17H,8-9,12H2,1H3,(H,23,28)(H,29,30). The number of hydrogen-bond donors (Lipinski definition) is 2. The van der Waals surface area contributed by atoms with Crippen molar-refractivity contribution in [2.45, 2.75) is 13.0 Å². The van der Waals surface area contributed by atoms with Crippen molar-refractivity contribution in [1.82, 2.24) is 23.8 Å². The Kier molecular flexibility index (Phi) is 5.72. The Morgan fingerprint density at radius 2 is 2.18 bits per heavy atom. The van der Waals surface area contributed by atoms with E-state index in [0.29, 0.717) is 35.0 Å². The molecule has 2 N–H and O–H groups in total. The molecule has 170 valence electrons. The lowest BCUT2D eigenvalue weighted by Crippen LogP contribution is -2.39. The highest BCUT2D eigenvalue weighted by atomic mass is 32.2. The summed E-state index contributed by atoms with van der Waals surface area (Å²) in [5.74, 6) is 0.244. The van der Waals surface area contributed by atoms with Gasteiger partial charge < -0.3 is 14.6 Å². The van der Waals surface area contributed by atoms with Gasteiger partial charge in [0, 0.05) is 30.5 Å². The maximum Gasteiger partial charge on any atom is 0.274 e. The fraction of sp³-hybridized carbons (Fsp3) is 0.238. The summed E-state index contributed by atoms with van der Waals surface area (Å²) in [6, 6.07) is 11.0. The largest absolute Gasteiger partial charge is 0.366 e. The highest BCUT2D eigenvalue weighted by Crippen LogP contribution is 2.27. The number of hydrogen-bond acceptors (Lipinski definition) is 7. The maximum absolute atomic E-state index is 12.9. The molecule has 5 rings (SSSR count). The van der Waals surface area contributed by atoms with Gasteiger partial charge in [-0.2, -0.15) is 9.29 Å². The zero-order valence-corrected chi connectivity index (χ0v) is 18.4. The van der Waals surface area contributed by atoms with Crippen LogP contribution in [0.2, 0.25) is 0 Å². The van der Waals surface area contributed by atoms with Gasteiger partial charge >= 0.3 is 0 Å². The quantitative estimate of drug-likeness (QED) is 0.427. The molecule has 1 aromatic carbocycles. The molecule has 2 atom stereocenters. The molecule has 4 heterocycles. The van der Waals surface area contributed by atoms with Crippen molar-refractivity contribution in [3.05, 3.63) is 65.9 Å². The normalized spacial score (nSPS) is 17.8. The van der Waals surface area contributed by atoms with Gasteiger partial charge in [0.15, 0.2) is 6.10 Å². The van der Waals surface area contributed by atoms with Gasteiger partial charge in [0.25, 0.3) is 11.8 Å². The van der Waals surface area contributed by atoms with Crippen molar-refractivity contribution >= 4 is 28.5 Å². The Bertz CT molecular complexity index is 1350. The highest BCUT2D eigenvalue weighted by Gasteiger charge is 2.29. The third-order valence-electron chi connectivity index (χ3n) is 5.36. The topological polar surface area (TPSA) is 135 Å². The van der Waals surface area contributed by atoms with Crippen LogP contribution in [0.1, 0.15) is 28.0 Å². The smallest absolute Gasteiger partial charge is 0.274 e. The molecular formula is C21H20N6O5S. The summed E-state index contributed by atoms with van der Waals surface area (Å²) >= 11 is -2.09. The molecule has 1 fully saturated rings. The minimum Gasteiger partial charge on any atom is -0.366 e.